The lowest BCUT2D eigenvalue weighted by atomic mass is 10.9. The molecule has 0 fully saturated rings. The molecule has 7 heavy (non-hydrogen) atoms. The molecule has 0 heterocycles. The highest BCUT2D eigenvalue weighted by Gasteiger charge is 2.14. The predicted molar refractivity (Wildman–Crippen MR) is 35.6 cm³/mol. The molecule has 1 nitrogen and oxygen atoms in total. The molecule has 0 aromatic heterocycles. The third kappa shape index (κ3) is 6.10. The molecule has 2 heteroatoms. The molecule has 0 N–H and O–H groups in total. The predicted octanol–water partition coefficient (Wildman–Crippen LogP) is 1.09. The zero-order valence-electron chi connectivity index (χ0n) is 5.14. The van der Waals surface area contributed by atoms with Gasteiger partial charge in [-0.3, -0.25) is 4.79 Å². The third-order valence-corrected chi connectivity index (χ3v) is 1.87. The minimum atomic E-state index is -0.784. The van der Waals surface area contributed by atoms with E-state index in [-0.39, 0.29) is 0 Å². The fraction of sp³-hybridized carbons (Fsp3) is 0.800. The maximum atomic E-state index is 9.85. The second kappa shape index (κ2) is 2.42. The first-order valence-corrected chi connectivity index (χ1v) is 5.62. The van der Waals surface area contributed by atoms with Gasteiger partial charge in [0.25, 0.3) is 0 Å². The van der Waals surface area contributed by atoms with Gasteiger partial charge in [-0.05, 0) is 0 Å². The molecule has 0 aromatic carbocycles. The van der Waals surface area contributed by atoms with Gasteiger partial charge in [-0.1, -0.05) is 0 Å². The van der Waals surface area contributed by atoms with Crippen LogP contribution in [-0.2, 0) is 4.79 Å². The molecule has 0 aliphatic heterocycles. The lowest BCUT2D eigenvalue weighted by molar-refractivity contribution is -0.105. The van der Waals surface area contributed by atoms with Crippen LogP contribution >= 0.6 is 7.26 Å². The van der Waals surface area contributed by atoms with Gasteiger partial charge >= 0.3 is 0 Å². The monoisotopic (exact) mass is 119 g/mol. The van der Waals surface area contributed by atoms with Crippen LogP contribution in [-0.4, -0.2) is 32.4 Å². The molecular weight excluding hydrogens is 107 g/mol. The lowest BCUT2D eigenvalue weighted by Crippen LogP contribution is -1.91. The minimum Gasteiger partial charge on any atom is -0.299 e. The van der Waals surface area contributed by atoms with Crippen molar-refractivity contribution < 1.29 is 4.79 Å². The van der Waals surface area contributed by atoms with Crippen LogP contribution in [0.25, 0.3) is 0 Å². The van der Waals surface area contributed by atoms with Crippen LogP contribution in [0.4, 0.5) is 0 Å². The van der Waals surface area contributed by atoms with Crippen molar-refractivity contribution in [2.45, 2.75) is 0 Å². The van der Waals surface area contributed by atoms with E-state index in [1.165, 1.54) is 0 Å². The van der Waals surface area contributed by atoms with Crippen LogP contribution in [0.3, 0.4) is 0 Å². The van der Waals surface area contributed by atoms with E-state index in [9.17, 15) is 4.79 Å². The molecule has 0 amide bonds. The van der Waals surface area contributed by atoms with E-state index >= 15 is 0 Å². The molecule has 0 aromatic rings. The number of aldehydes is 1. The van der Waals surface area contributed by atoms with Crippen molar-refractivity contribution in [1.82, 2.24) is 0 Å². The smallest absolute Gasteiger partial charge is 0.156 e. The van der Waals surface area contributed by atoms with Gasteiger partial charge in [-0.2, -0.15) is 0 Å². The van der Waals surface area contributed by atoms with Crippen LogP contribution in [0, 0.1) is 0 Å². The fourth-order valence-corrected chi connectivity index (χ4v) is 0.671. The summed E-state index contributed by atoms with van der Waals surface area (Å²) in [6.45, 7) is 6.46. The highest BCUT2D eigenvalue weighted by atomic mass is 31.2. The van der Waals surface area contributed by atoms with Crippen LogP contribution in [0.1, 0.15) is 0 Å². The summed E-state index contributed by atoms with van der Waals surface area (Å²) in [5.74, 6) is 0. The average molecular weight is 119 g/mol. The Kier molecular flexibility index (Phi) is 2.45. The summed E-state index contributed by atoms with van der Waals surface area (Å²) in [6, 6.07) is 0. The molecule has 0 rings (SSSR count). The van der Waals surface area contributed by atoms with Gasteiger partial charge in [0.2, 0.25) is 0 Å². The highest BCUT2D eigenvalue weighted by molar-refractivity contribution is 7.74. The molecule has 0 radical (unpaired) electrons. The fourth-order valence-electron chi connectivity index (χ4n) is 0.224. The van der Waals surface area contributed by atoms with Gasteiger partial charge in [0.15, 0.2) is 6.29 Å². The molecule has 0 saturated carbocycles. The maximum Gasteiger partial charge on any atom is 0.156 e. The average Bonchev–Trinajstić information content (AvgIpc) is 1.30. The summed E-state index contributed by atoms with van der Waals surface area (Å²) in [5, 5.41) is 0. The molecule has 0 aliphatic carbocycles. The van der Waals surface area contributed by atoms with Gasteiger partial charge in [0.05, 0.1) is 0 Å². The van der Waals surface area contributed by atoms with Crippen LogP contribution < -0.4 is 0 Å². The van der Waals surface area contributed by atoms with Crippen molar-refractivity contribution in [2.75, 3.05) is 26.2 Å². The summed E-state index contributed by atoms with van der Waals surface area (Å²) in [7, 11) is -0.784. The third-order valence-electron chi connectivity index (χ3n) is 0.622. The van der Waals surface area contributed by atoms with Crippen LogP contribution in [0.15, 0.2) is 0 Å². The summed E-state index contributed by atoms with van der Waals surface area (Å²) >= 11 is 0. The molecule has 0 spiro atoms. The largest absolute Gasteiger partial charge is 0.299 e. The zero-order valence-corrected chi connectivity index (χ0v) is 6.03. The van der Waals surface area contributed by atoms with Crippen molar-refractivity contribution in [2.24, 2.45) is 0 Å². The molecule has 0 bridgehead atoms. The van der Waals surface area contributed by atoms with Crippen molar-refractivity contribution >= 4 is 13.5 Å². The molecule has 42 valence electrons. The number of carbonyl (C=O) groups is 1. The molecule has 0 saturated heterocycles. The first-order valence-electron chi connectivity index (χ1n) is 2.30. The van der Waals surface area contributed by atoms with Gasteiger partial charge in [0.1, 0.15) is 6.16 Å². The van der Waals surface area contributed by atoms with E-state index in [1.807, 2.05) is 0 Å². The second-order valence-corrected chi connectivity index (χ2v) is 7.59. The van der Waals surface area contributed by atoms with Crippen molar-refractivity contribution in [1.29, 1.82) is 0 Å². The maximum absolute atomic E-state index is 9.85. The Morgan fingerprint density at radius 3 is 1.86 bits per heavy atom. The van der Waals surface area contributed by atoms with Crippen LogP contribution in [0.2, 0.25) is 0 Å². The molecule has 0 aliphatic rings. The standard InChI is InChI=1S/C5H12OP/c1-7(2,3)5-4-6/h4H,5H2,1-3H3/q+1. The lowest BCUT2D eigenvalue weighted by Gasteiger charge is -2.04. The number of hydrogen-bond donors (Lipinski definition) is 0. The van der Waals surface area contributed by atoms with E-state index in [0.29, 0.717) is 0 Å². The molecule has 0 unspecified atom stereocenters. The normalized spacial score (nSPS) is 11.3. The van der Waals surface area contributed by atoms with Gasteiger partial charge in [0, 0.05) is 27.3 Å². The van der Waals surface area contributed by atoms with E-state index in [0.717, 1.165) is 12.4 Å². The number of rotatable bonds is 2. The first kappa shape index (κ1) is 7.10. The quantitative estimate of drug-likeness (QED) is 0.393. The summed E-state index contributed by atoms with van der Waals surface area (Å²) in [6.07, 6.45) is 1.78. The Bertz CT molecular complexity index is 63.0. The SMILES string of the molecule is C[P+](C)(C)CC=O. The van der Waals surface area contributed by atoms with E-state index in [2.05, 4.69) is 20.0 Å². The second-order valence-electron chi connectivity index (χ2n) is 2.64. The Hall–Kier alpha value is 0.100. The van der Waals surface area contributed by atoms with Gasteiger partial charge < -0.3 is 0 Å². The van der Waals surface area contributed by atoms with E-state index in [1.54, 1.807) is 0 Å². The van der Waals surface area contributed by atoms with Gasteiger partial charge in [-0.25, -0.2) is 0 Å². The summed E-state index contributed by atoms with van der Waals surface area (Å²) in [4.78, 5) is 9.85. The van der Waals surface area contributed by atoms with Crippen molar-refractivity contribution in [3.8, 4) is 0 Å². The first-order chi connectivity index (χ1) is 3.06. The number of carbonyl (C=O) groups excluding carboxylic acids is 1. The zero-order chi connectivity index (χ0) is 5.91. The Morgan fingerprint density at radius 1 is 1.43 bits per heavy atom. The van der Waals surface area contributed by atoms with Crippen molar-refractivity contribution in [3.63, 3.8) is 0 Å². The van der Waals surface area contributed by atoms with E-state index < -0.39 is 7.26 Å². The van der Waals surface area contributed by atoms with E-state index in [4.69, 9.17) is 0 Å². The summed E-state index contributed by atoms with van der Waals surface area (Å²) < 4.78 is 0. The number of hydrogen-bond acceptors (Lipinski definition) is 1. The molecular formula is C5H12OP+. The topological polar surface area (TPSA) is 17.1 Å². The van der Waals surface area contributed by atoms with Crippen LogP contribution in [0.5, 0.6) is 0 Å². The minimum absolute atomic E-state index is 0.771. The Labute approximate surface area is 45.4 Å². The Morgan fingerprint density at radius 2 is 1.86 bits per heavy atom. The highest BCUT2D eigenvalue weighted by Crippen LogP contribution is 2.44. The van der Waals surface area contributed by atoms with Crippen molar-refractivity contribution in [3.05, 3.63) is 0 Å². The Balaban J connectivity index is 3.34. The molecule has 0 atom stereocenters. The van der Waals surface area contributed by atoms with Gasteiger partial charge in [-0.15, -0.1) is 0 Å². The summed E-state index contributed by atoms with van der Waals surface area (Å²) in [5.41, 5.74) is 0.